The first kappa shape index (κ1) is 23.6. The number of allylic oxidation sites excluding steroid dienone is 1. The Hall–Kier alpha value is -3.52. The molecule has 176 valence electrons. The zero-order valence-electron chi connectivity index (χ0n) is 19.4. The topological polar surface area (TPSA) is 80.2 Å². The molecule has 2 aromatic rings. The molecule has 7 nitrogen and oxygen atoms in total. The SMILES string of the molecule is CCOC(=O)C1=C(C)N=C2SC=C(CC(=O)NCc3ccccc3)N2[C@@H]1c1cccc(OC)c1. The second-order valence-corrected chi connectivity index (χ2v) is 8.67. The van der Waals surface area contributed by atoms with Crippen molar-refractivity contribution in [2.45, 2.75) is 32.9 Å². The van der Waals surface area contributed by atoms with Crippen LogP contribution in [-0.4, -0.2) is 35.7 Å². The molecule has 2 aliphatic heterocycles. The normalized spacial score (nSPS) is 17.0. The molecule has 0 bridgehead atoms. The molecule has 1 atom stereocenters. The molecule has 0 saturated carbocycles. The number of carbonyl (C=O) groups is 2. The van der Waals surface area contributed by atoms with Crippen LogP contribution < -0.4 is 10.1 Å². The van der Waals surface area contributed by atoms with Gasteiger partial charge in [-0.3, -0.25) is 4.79 Å². The number of aliphatic imine (C=N–C) groups is 1. The van der Waals surface area contributed by atoms with Crippen LogP contribution in [0.1, 0.15) is 37.4 Å². The van der Waals surface area contributed by atoms with E-state index in [0.717, 1.165) is 22.0 Å². The van der Waals surface area contributed by atoms with Gasteiger partial charge in [0.05, 0.1) is 37.4 Å². The van der Waals surface area contributed by atoms with E-state index in [-0.39, 0.29) is 18.9 Å². The molecule has 0 fully saturated rings. The van der Waals surface area contributed by atoms with Gasteiger partial charge in [-0.25, -0.2) is 9.79 Å². The zero-order valence-corrected chi connectivity index (χ0v) is 20.2. The number of hydrogen-bond donors (Lipinski definition) is 1. The number of amidine groups is 1. The van der Waals surface area contributed by atoms with Crippen LogP contribution in [0.25, 0.3) is 0 Å². The first-order chi connectivity index (χ1) is 16.5. The van der Waals surface area contributed by atoms with Crippen LogP contribution in [0.5, 0.6) is 5.75 Å². The number of methoxy groups -OCH3 is 1. The van der Waals surface area contributed by atoms with Gasteiger partial charge in [-0.1, -0.05) is 54.2 Å². The summed E-state index contributed by atoms with van der Waals surface area (Å²) in [5.74, 6) is 0.158. The van der Waals surface area contributed by atoms with E-state index in [4.69, 9.17) is 9.47 Å². The van der Waals surface area contributed by atoms with Gasteiger partial charge in [0.15, 0.2) is 5.17 Å². The maximum absolute atomic E-state index is 13.0. The Morgan fingerprint density at radius 1 is 1.15 bits per heavy atom. The minimum atomic E-state index is -0.482. The van der Waals surface area contributed by atoms with Crippen LogP contribution in [0.4, 0.5) is 0 Å². The number of nitrogens with one attached hydrogen (secondary N) is 1. The standard InChI is InChI=1S/C26H27N3O4S/c1-4-33-25(31)23-17(2)28-26-29(24(23)19-11-8-12-21(13-19)32-3)20(16-34-26)14-22(30)27-15-18-9-6-5-7-10-18/h5-13,16,24H,4,14-15H2,1-3H3,(H,27,30)/t24-/m1/s1. The number of nitrogens with zero attached hydrogens (tertiary/aromatic N) is 2. The molecule has 0 aliphatic carbocycles. The Kier molecular flexibility index (Phi) is 7.37. The van der Waals surface area contributed by atoms with Crippen molar-refractivity contribution in [2.24, 2.45) is 4.99 Å². The summed E-state index contributed by atoms with van der Waals surface area (Å²) in [4.78, 5) is 32.5. The van der Waals surface area contributed by atoms with Crippen LogP contribution in [0.15, 0.2) is 82.0 Å². The third-order valence-corrected chi connectivity index (χ3v) is 6.47. The highest BCUT2D eigenvalue weighted by atomic mass is 32.2. The van der Waals surface area contributed by atoms with Crippen molar-refractivity contribution in [3.8, 4) is 5.75 Å². The van der Waals surface area contributed by atoms with E-state index in [1.807, 2.05) is 71.8 Å². The van der Waals surface area contributed by atoms with Crippen LogP contribution >= 0.6 is 11.8 Å². The lowest BCUT2D eigenvalue weighted by Gasteiger charge is -2.36. The summed E-state index contributed by atoms with van der Waals surface area (Å²) in [7, 11) is 1.61. The smallest absolute Gasteiger partial charge is 0.338 e. The molecule has 0 saturated heterocycles. The monoisotopic (exact) mass is 477 g/mol. The first-order valence-corrected chi connectivity index (χ1v) is 12.0. The number of carbonyl (C=O) groups excluding carboxylic acids is 2. The Bertz CT molecular complexity index is 1170. The largest absolute Gasteiger partial charge is 0.497 e. The fourth-order valence-corrected chi connectivity index (χ4v) is 4.95. The van der Waals surface area contributed by atoms with Gasteiger partial charge < -0.3 is 19.7 Å². The van der Waals surface area contributed by atoms with Gasteiger partial charge in [0, 0.05) is 12.2 Å². The van der Waals surface area contributed by atoms with Gasteiger partial charge in [0.25, 0.3) is 0 Å². The number of rotatable bonds is 8. The maximum atomic E-state index is 13.0. The summed E-state index contributed by atoms with van der Waals surface area (Å²) in [5, 5.41) is 5.63. The lowest BCUT2D eigenvalue weighted by atomic mass is 9.93. The Balaban J connectivity index is 1.63. The van der Waals surface area contributed by atoms with E-state index < -0.39 is 12.0 Å². The van der Waals surface area contributed by atoms with Crippen molar-refractivity contribution in [3.05, 3.63) is 88.1 Å². The number of hydrogen-bond acceptors (Lipinski definition) is 7. The molecule has 2 heterocycles. The van der Waals surface area contributed by atoms with E-state index >= 15 is 0 Å². The lowest BCUT2D eigenvalue weighted by molar-refractivity contribution is -0.139. The molecular formula is C26H27N3O4S. The molecule has 1 N–H and O–H groups in total. The number of esters is 1. The Morgan fingerprint density at radius 2 is 1.94 bits per heavy atom. The molecular weight excluding hydrogens is 450 g/mol. The van der Waals surface area contributed by atoms with Gasteiger partial charge in [0.1, 0.15) is 5.75 Å². The minimum Gasteiger partial charge on any atom is -0.497 e. The van der Waals surface area contributed by atoms with E-state index in [1.54, 1.807) is 14.0 Å². The van der Waals surface area contributed by atoms with Gasteiger partial charge in [-0.15, -0.1) is 0 Å². The van der Waals surface area contributed by atoms with Crippen LogP contribution in [0, 0.1) is 0 Å². The summed E-state index contributed by atoms with van der Waals surface area (Å²) in [6.45, 7) is 4.30. The highest BCUT2D eigenvalue weighted by Gasteiger charge is 2.41. The average Bonchev–Trinajstić information content (AvgIpc) is 3.24. The van der Waals surface area contributed by atoms with E-state index in [2.05, 4.69) is 10.3 Å². The number of ether oxygens (including phenoxy) is 2. The fourth-order valence-electron chi connectivity index (χ4n) is 3.99. The van der Waals surface area contributed by atoms with Crippen LogP contribution in [0.3, 0.4) is 0 Å². The molecule has 4 rings (SSSR count). The van der Waals surface area contributed by atoms with Crippen molar-refractivity contribution in [1.29, 1.82) is 0 Å². The zero-order chi connectivity index (χ0) is 24.1. The molecule has 8 heteroatoms. The third kappa shape index (κ3) is 5.02. The van der Waals surface area contributed by atoms with Crippen molar-refractivity contribution in [1.82, 2.24) is 10.2 Å². The Morgan fingerprint density at radius 3 is 2.68 bits per heavy atom. The number of fused-ring (bicyclic) bond motifs is 1. The van der Waals surface area contributed by atoms with E-state index in [0.29, 0.717) is 23.6 Å². The summed E-state index contributed by atoms with van der Waals surface area (Å²) >= 11 is 1.45. The van der Waals surface area contributed by atoms with E-state index in [1.165, 1.54) is 11.8 Å². The highest BCUT2D eigenvalue weighted by molar-refractivity contribution is 8.16. The summed E-state index contributed by atoms with van der Waals surface area (Å²) < 4.78 is 10.8. The fraction of sp³-hybridized carbons (Fsp3) is 0.269. The lowest BCUT2D eigenvalue weighted by Crippen LogP contribution is -2.38. The molecule has 0 radical (unpaired) electrons. The molecule has 0 unspecified atom stereocenters. The van der Waals surface area contributed by atoms with E-state index in [9.17, 15) is 9.59 Å². The first-order valence-electron chi connectivity index (χ1n) is 11.1. The van der Waals surface area contributed by atoms with Gasteiger partial charge in [0.2, 0.25) is 5.91 Å². The number of thioether (sulfide) groups is 1. The van der Waals surface area contributed by atoms with Gasteiger partial charge in [-0.2, -0.15) is 0 Å². The molecule has 0 aromatic heterocycles. The maximum Gasteiger partial charge on any atom is 0.338 e. The summed E-state index contributed by atoms with van der Waals surface area (Å²) in [5.41, 5.74) is 3.72. The molecule has 2 aliphatic rings. The van der Waals surface area contributed by atoms with Crippen LogP contribution in [-0.2, 0) is 20.9 Å². The van der Waals surface area contributed by atoms with Crippen LogP contribution in [0.2, 0.25) is 0 Å². The second kappa shape index (κ2) is 10.6. The predicted octanol–water partition coefficient (Wildman–Crippen LogP) is 4.54. The van der Waals surface area contributed by atoms with Crippen molar-refractivity contribution in [3.63, 3.8) is 0 Å². The van der Waals surface area contributed by atoms with Crippen molar-refractivity contribution in [2.75, 3.05) is 13.7 Å². The quantitative estimate of drug-likeness (QED) is 0.563. The minimum absolute atomic E-state index is 0.106. The van der Waals surface area contributed by atoms with Gasteiger partial charge >= 0.3 is 5.97 Å². The van der Waals surface area contributed by atoms with Crippen molar-refractivity contribution >= 4 is 28.8 Å². The molecule has 0 spiro atoms. The third-order valence-electron chi connectivity index (χ3n) is 5.58. The van der Waals surface area contributed by atoms with Crippen molar-refractivity contribution < 1.29 is 19.1 Å². The summed E-state index contributed by atoms with van der Waals surface area (Å²) in [6.07, 6.45) is 0.161. The average molecular weight is 478 g/mol. The molecule has 1 amide bonds. The number of benzene rings is 2. The number of amides is 1. The predicted molar refractivity (Wildman–Crippen MR) is 133 cm³/mol. The molecule has 34 heavy (non-hydrogen) atoms. The second-order valence-electron chi connectivity index (χ2n) is 7.83. The highest BCUT2D eigenvalue weighted by Crippen LogP contribution is 2.45. The summed E-state index contributed by atoms with van der Waals surface area (Å²) in [6, 6.07) is 16.9. The Labute approximate surface area is 203 Å². The van der Waals surface area contributed by atoms with Gasteiger partial charge in [-0.05, 0) is 42.5 Å². The molecule has 2 aromatic carbocycles.